The van der Waals surface area contributed by atoms with Crippen LogP contribution in [0.1, 0.15) is 0 Å². The summed E-state index contributed by atoms with van der Waals surface area (Å²) < 4.78 is 56.0. The molecule has 0 amide bonds. The van der Waals surface area contributed by atoms with Gasteiger partial charge in [-0.25, -0.2) is 4.39 Å². The van der Waals surface area contributed by atoms with Gasteiger partial charge in [-0.1, -0.05) is 6.07 Å². The Morgan fingerprint density at radius 2 is 1.81 bits per heavy atom. The summed E-state index contributed by atoms with van der Waals surface area (Å²) >= 11 is 0. The van der Waals surface area contributed by atoms with Crippen molar-refractivity contribution in [3.8, 4) is 11.5 Å². The highest BCUT2D eigenvalue weighted by atomic mass is 19.4. The molecule has 0 unspecified atom stereocenters. The van der Waals surface area contributed by atoms with Crippen LogP contribution in [0, 0.1) is 5.82 Å². The number of alkyl halides is 3. The third-order valence-electron chi connectivity index (χ3n) is 1.38. The third-order valence-corrected chi connectivity index (χ3v) is 1.38. The van der Waals surface area contributed by atoms with Crippen molar-refractivity contribution >= 4 is 7.32 Å². The van der Waals surface area contributed by atoms with Gasteiger partial charge in [0.25, 0.3) is 0 Å². The summed E-state index contributed by atoms with van der Waals surface area (Å²) in [7, 11) is -2.45. The smallest absolute Gasteiger partial charge is 0.507 e. The lowest BCUT2D eigenvalue weighted by atomic mass is 10.2. The van der Waals surface area contributed by atoms with E-state index in [0.717, 1.165) is 18.2 Å². The molecule has 1 aromatic carbocycles. The summed E-state index contributed by atoms with van der Waals surface area (Å²) in [5.74, 6) is -3.25. The van der Waals surface area contributed by atoms with Crippen LogP contribution < -0.4 is 9.39 Å². The van der Waals surface area contributed by atoms with E-state index in [-0.39, 0.29) is 0 Å². The first kappa shape index (κ1) is 12.6. The fourth-order valence-corrected chi connectivity index (χ4v) is 0.914. The molecule has 0 spiro atoms. The van der Waals surface area contributed by atoms with Crippen molar-refractivity contribution in [3.05, 3.63) is 24.0 Å². The number of hydrogen-bond acceptors (Lipinski definition) is 4. The highest BCUT2D eigenvalue weighted by Crippen LogP contribution is 2.34. The van der Waals surface area contributed by atoms with E-state index < -0.39 is 31.0 Å². The van der Waals surface area contributed by atoms with E-state index in [2.05, 4.69) is 9.39 Å². The molecule has 9 heteroatoms. The van der Waals surface area contributed by atoms with Gasteiger partial charge in [0.1, 0.15) is 0 Å². The molecule has 0 radical (unpaired) electrons. The zero-order valence-corrected chi connectivity index (χ0v) is 7.53. The summed E-state index contributed by atoms with van der Waals surface area (Å²) in [6.45, 7) is 0. The number of ether oxygens (including phenoxy) is 1. The van der Waals surface area contributed by atoms with Gasteiger partial charge < -0.3 is 19.4 Å². The van der Waals surface area contributed by atoms with E-state index in [0.29, 0.717) is 0 Å². The van der Waals surface area contributed by atoms with Crippen LogP contribution in [-0.2, 0) is 0 Å². The Balaban J connectivity index is 3.03. The number of para-hydroxylation sites is 1. The average molecular weight is 240 g/mol. The van der Waals surface area contributed by atoms with Crippen molar-refractivity contribution in [3.63, 3.8) is 0 Å². The van der Waals surface area contributed by atoms with Gasteiger partial charge in [-0.3, -0.25) is 0 Å². The van der Waals surface area contributed by atoms with E-state index in [9.17, 15) is 17.6 Å². The molecule has 1 aromatic rings. The lowest BCUT2D eigenvalue weighted by molar-refractivity contribution is -0.275. The minimum Gasteiger partial charge on any atom is -0.507 e. The van der Waals surface area contributed by atoms with Crippen molar-refractivity contribution < 1.29 is 37.0 Å². The van der Waals surface area contributed by atoms with Gasteiger partial charge in [0.05, 0.1) is 0 Å². The molecule has 0 bridgehead atoms. The molecular formula is C7H5BF4O4. The monoisotopic (exact) mass is 240 g/mol. The molecule has 0 aliphatic carbocycles. The van der Waals surface area contributed by atoms with Gasteiger partial charge in [-0.2, -0.15) is 0 Å². The summed E-state index contributed by atoms with van der Waals surface area (Å²) in [5, 5.41) is 16.8. The summed E-state index contributed by atoms with van der Waals surface area (Å²) in [5.41, 5.74) is 0. The largest absolute Gasteiger partial charge is 0.707 e. The molecule has 2 N–H and O–H groups in total. The fourth-order valence-electron chi connectivity index (χ4n) is 0.914. The van der Waals surface area contributed by atoms with Crippen LogP contribution in [0.4, 0.5) is 17.6 Å². The predicted molar refractivity (Wildman–Crippen MR) is 43.9 cm³/mol. The molecule has 4 nitrogen and oxygen atoms in total. The van der Waals surface area contributed by atoms with Crippen LogP contribution in [0.2, 0.25) is 0 Å². The maximum Gasteiger partial charge on any atom is 0.707 e. The van der Waals surface area contributed by atoms with Crippen molar-refractivity contribution in [1.29, 1.82) is 0 Å². The zero-order chi connectivity index (χ0) is 12.3. The second kappa shape index (κ2) is 4.58. The number of benzene rings is 1. The molecule has 0 fully saturated rings. The molecule has 88 valence electrons. The Morgan fingerprint density at radius 1 is 1.19 bits per heavy atom. The lowest BCUT2D eigenvalue weighted by Crippen LogP contribution is -2.23. The molecule has 1 rings (SSSR count). The minimum absolute atomic E-state index is 0.772. The molecule has 0 aliphatic rings. The molecule has 0 atom stereocenters. The summed E-state index contributed by atoms with van der Waals surface area (Å²) in [4.78, 5) is 0. The van der Waals surface area contributed by atoms with Crippen molar-refractivity contribution in [2.75, 3.05) is 0 Å². The van der Waals surface area contributed by atoms with Crippen LogP contribution >= 0.6 is 0 Å². The van der Waals surface area contributed by atoms with Gasteiger partial charge >= 0.3 is 13.7 Å². The fraction of sp³-hybridized carbons (Fsp3) is 0.143. The first-order valence-corrected chi connectivity index (χ1v) is 3.86. The first-order chi connectivity index (χ1) is 7.29. The Kier molecular flexibility index (Phi) is 3.60. The van der Waals surface area contributed by atoms with Crippen LogP contribution in [0.15, 0.2) is 18.2 Å². The van der Waals surface area contributed by atoms with E-state index in [1.807, 2.05) is 0 Å². The van der Waals surface area contributed by atoms with Gasteiger partial charge in [-0.05, 0) is 12.1 Å². The predicted octanol–water partition coefficient (Wildman–Crippen LogP) is 1.07. The third kappa shape index (κ3) is 3.59. The van der Waals surface area contributed by atoms with Crippen molar-refractivity contribution in [1.82, 2.24) is 0 Å². The van der Waals surface area contributed by atoms with Crippen molar-refractivity contribution in [2.45, 2.75) is 6.36 Å². The molecule has 0 saturated carbocycles. The first-order valence-electron chi connectivity index (χ1n) is 3.86. The quantitative estimate of drug-likeness (QED) is 0.612. The second-order valence-corrected chi connectivity index (χ2v) is 2.56. The normalized spacial score (nSPS) is 11.1. The van der Waals surface area contributed by atoms with E-state index in [1.54, 1.807) is 0 Å². The highest BCUT2D eigenvalue weighted by molar-refractivity contribution is 6.33. The van der Waals surface area contributed by atoms with Crippen molar-refractivity contribution in [2.24, 2.45) is 0 Å². The van der Waals surface area contributed by atoms with E-state index >= 15 is 0 Å². The van der Waals surface area contributed by atoms with Crippen LogP contribution in [0.5, 0.6) is 11.5 Å². The number of rotatable bonds is 3. The lowest BCUT2D eigenvalue weighted by Gasteiger charge is -2.14. The van der Waals surface area contributed by atoms with Gasteiger partial charge in [0, 0.05) is 0 Å². The van der Waals surface area contributed by atoms with Crippen LogP contribution in [-0.4, -0.2) is 23.7 Å². The molecule has 16 heavy (non-hydrogen) atoms. The Labute approximate surface area is 87.2 Å². The average Bonchev–Trinajstić information content (AvgIpc) is 2.08. The van der Waals surface area contributed by atoms with Crippen LogP contribution in [0.3, 0.4) is 0 Å². The molecule has 0 saturated heterocycles. The molecule has 0 heterocycles. The van der Waals surface area contributed by atoms with E-state index in [4.69, 9.17) is 10.0 Å². The molecule has 0 aliphatic heterocycles. The summed E-state index contributed by atoms with van der Waals surface area (Å²) in [6.07, 6.45) is -5.04. The standard InChI is InChI=1S/C7H5BF4O4/c9-4-2-1-3-5(15-7(10,11)12)6(4)16-8(13)14/h1-3,13-14H. The highest BCUT2D eigenvalue weighted by Gasteiger charge is 2.33. The maximum absolute atomic E-state index is 13.0. The Bertz CT molecular complexity index is 368. The van der Waals surface area contributed by atoms with Crippen LogP contribution in [0.25, 0.3) is 0 Å². The molecule has 0 aromatic heterocycles. The topological polar surface area (TPSA) is 58.9 Å². The maximum atomic E-state index is 13.0. The zero-order valence-electron chi connectivity index (χ0n) is 7.53. The van der Waals surface area contributed by atoms with Gasteiger partial charge in [0.2, 0.25) is 0 Å². The second-order valence-electron chi connectivity index (χ2n) is 2.56. The Morgan fingerprint density at radius 3 is 2.31 bits per heavy atom. The Hall–Kier alpha value is -1.48. The van der Waals surface area contributed by atoms with Gasteiger partial charge in [0.15, 0.2) is 17.3 Å². The number of hydrogen-bond donors (Lipinski definition) is 2. The molecular weight excluding hydrogens is 235 g/mol. The SMILES string of the molecule is OB(O)Oc1c(F)cccc1OC(F)(F)F. The van der Waals surface area contributed by atoms with E-state index in [1.165, 1.54) is 0 Å². The summed E-state index contributed by atoms with van der Waals surface area (Å²) in [6, 6.07) is 2.50. The number of halogens is 4. The van der Waals surface area contributed by atoms with Gasteiger partial charge in [-0.15, -0.1) is 13.2 Å². The minimum atomic E-state index is -5.04.